The molecule has 2 N–H and O–H groups in total. The van der Waals surface area contributed by atoms with Gasteiger partial charge in [-0.2, -0.15) is 5.26 Å². The van der Waals surface area contributed by atoms with Gasteiger partial charge in [0.05, 0.1) is 11.6 Å². The van der Waals surface area contributed by atoms with E-state index in [0.29, 0.717) is 5.56 Å². The number of amides is 1. The van der Waals surface area contributed by atoms with Crippen LogP contribution in [0, 0.1) is 11.3 Å². The number of hydrogen-bond acceptors (Lipinski definition) is 4. The summed E-state index contributed by atoms with van der Waals surface area (Å²) in [6.07, 6.45) is 0. The standard InChI is InChI=1S/C8H7ClN4O/c1-5(14)13(11)8-3-6(4-10)2-7(9)12-8/h2-3H,11H2,1H3. The second-order valence-corrected chi connectivity index (χ2v) is 2.92. The maximum Gasteiger partial charge on any atom is 0.239 e. The van der Waals surface area contributed by atoms with Gasteiger partial charge < -0.3 is 0 Å². The number of halogens is 1. The van der Waals surface area contributed by atoms with E-state index in [9.17, 15) is 4.79 Å². The van der Waals surface area contributed by atoms with Crippen LogP contribution in [-0.2, 0) is 4.79 Å². The van der Waals surface area contributed by atoms with Crippen LogP contribution in [0.1, 0.15) is 12.5 Å². The average molecular weight is 211 g/mol. The van der Waals surface area contributed by atoms with E-state index in [2.05, 4.69) is 4.98 Å². The largest absolute Gasteiger partial charge is 0.273 e. The summed E-state index contributed by atoms with van der Waals surface area (Å²) < 4.78 is 0. The van der Waals surface area contributed by atoms with Crippen molar-refractivity contribution in [3.8, 4) is 6.07 Å². The Balaban J connectivity index is 3.17. The first-order valence-corrected chi connectivity index (χ1v) is 4.05. The zero-order valence-corrected chi connectivity index (χ0v) is 8.12. The highest BCUT2D eigenvalue weighted by Gasteiger charge is 2.09. The van der Waals surface area contributed by atoms with Crippen LogP contribution >= 0.6 is 11.6 Å². The Bertz CT molecular complexity index is 412. The van der Waals surface area contributed by atoms with Crippen molar-refractivity contribution in [1.29, 1.82) is 5.26 Å². The van der Waals surface area contributed by atoms with Gasteiger partial charge in [-0.1, -0.05) is 11.6 Å². The van der Waals surface area contributed by atoms with E-state index in [-0.39, 0.29) is 16.9 Å². The van der Waals surface area contributed by atoms with E-state index in [4.69, 9.17) is 22.7 Å². The molecule has 0 unspecified atom stereocenters. The van der Waals surface area contributed by atoms with Crippen LogP contribution in [0.25, 0.3) is 0 Å². The number of hydrogen-bond donors (Lipinski definition) is 1. The van der Waals surface area contributed by atoms with Gasteiger partial charge in [-0.15, -0.1) is 0 Å². The Morgan fingerprint density at radius 3 is 2.86 bits per heavy atom. The molecule has 0 saturated carbocycles. The number of nitrogens with two attached hydrogens (primary N) is 1. The number of nitriles is 1. The molecular weight excluding hydrogens is 204 g/mol. The minimum Gasteiger partial charge on any atom is -0.273 e. The van der Waals surface area contributed by atoms with Crippen LogP contribution in [0.5, 0.6) is 0 Å². The third kappa shape index (κ3) is 2.19. The molecule has 0 aliphatic heterocycles. The molecule has 0 radical (unpaired) electrons. The van der Waals surface area contributed by atoms with Crippen molar-refractivity contribution in [1.82, 2.24) is 4.98 Å². The van der Waals surface area contributed by atoms with Crippen molar-refractivity contribution >= 4 is 23.3 Å². The molecule has 72 valence electrons. The fourth-order valence-corrected chi connectivity index (χ4v) is 1.04. The van der Waals surface area contributed by atoms with Crippen LogP contribution in [0.2, 0.25) is 5.15 Å². The lowest BCUT2D eigenvalue weighted by atomic mass is 10.3. The van der Waals surface area contributed by atoms with Crippen LogP contribution in [0.4, 0.5) is 5.82 Å². The lowest BCUT2D eigenvalue weighted by Crippen LogP contribution is -2.36. The molecule has 0 atom stereocenters. The van der Waals surface area contributed by atoms with E-state index in [1.807, 2.05) is 6.07 Å². The van der Waals surface area contributed by atoms with Gasteiger partial charge in [0.15, 0.2) is 5.82 Å². The van der Waals surface area contributed by atoms with Crippen molar-refractivity contribution < 1.29 is 4.79 Å². The lowest BCUT2D eigenvalue weighted by Gasteiger charge is -2.12. The predicted molar refractivity (Wildman–Crippen MR) is 51.3 cm³/mol. The van der Waals surface area contributed by atoms with Gasteiger partial charge in [-0.05, 0) is 6.07 Å². The molecule has 6 heteroatoms. The third-order valence-electron chi connectivity index (χ3n) is 1.50. The number of carbonyl (C=O) groups excluding carboxylic acids is 1. The molecule has 14 heavy (non-hydrogen) atoms. The molecule has 0 aromatic carbocycles. The number of hydrazine groups is 1. The van der Waals surface area contributed by atoms with Crippen LogP contribution in [-0.4, -0.2) is 10.9 Å². The number of pyridine rings is 1. The summed E-state index contributed by atoms with van der Waals surface area (Å²) in [7, 11) is 0. The monoisotopic (exact) mass is 210 g/mol. The highest BCUT2D eigenvalue weighted by atomic mass is 35.5. The van der Waals surface area contributed by atoms with Gasteiger partial charge in [-0.3, -0.25) is 4.79 Å². The second kappa shape index (κ2) is 4.05. The lowest BCUT2D eigenvalue weighted by molar-refractivity contribution is -0.116. The minimum absolute atomic E-state index is 0.121. The van der Waals surface area contributed by atoms with Crippen molar-refractivity contribution in [2.24, 2.45) is 5.84 Å². The van der Waals surface area contributed by atoms with Crippen molar-refractivity contribution in [3.63, 3.8) is 0 Å². The Morgan fingerprint density at radius 2 is 2.36 bits per heavy atom. The summed E-state index contributed by atoms with van der Waals surface area (Å²) in [6, 6.07) is 4.65. The van der Waals surface area contributed by atoms with Crippen LogP contribution in [0.15, 0.2) is 12.1 Å². The smallest absolute Gasteiger partial charge is 0.239 e. The quantitative estimate of drug-likeness (QED) is 0.322. The molecular formula is C8H7ClN4O. The molecule has 1 aromatic heterocycles. The zero-order valence-electron chi connectivity index (χ0n) is 7.36. The number of nitrogens with zero attached hydrogens (tertiary/aromatic N) is 3. The Morgan fingerprint density at radius 1 is 1.71 bits per heavy atom. The molecule has 0 bridgehead atoms. The van der Waals surface area contributed by atoms with Crippen molar-refractivity contribution in [2.45, 2.75) is 6.92 Å². The van der Waals surface area contributed by atoms with Gasteiger partial charge >= 0.3 is 0 Å². The number of rotatable bonds is 1. The molecule has 1 heterocycles. The fourth-order valence-electron chi connectivity index (χ4n) is 0.832. The molecule has 0 saturated heterocycles. The molecule has 0 fully saturated rings. The Labute approximate surface area is 85.7 Å². The molecule has 0 aliphatic carbocycles. The zero-order chi connectivity index (χ0) is 10.7. The first-order valence-electron chi connectivity index (χ1n) is 3.67. The highest BCUT2D eigenvalue weighted by Crippen LogP contribution is 2.15. The number of aromatic nitrogens is 1. The summed E-state index contributed by atoms with van der Waals surface area (Å²) >= 11 is 5.62. The van der Waals surface area contributed by atoms with Gasteiger partial charge in [0.1, 0.15) is 5.15 Å². The molecule has 1 rings (SSSR count). The first-order chi connectivity index (χ1) is 6.54. The number of anilines is 1. The van der Waals surface area contributed by atoms with E-state index < -0.39 is 0 Å². The number of carbonyl (C=O) groups is 1. The molecule has 0 spiro atoms. The summed E-state index contributed by atoms with van der Waals surface area (Å²) in [4.78, 5) is 14.7. The predicted octanol–water partition coefficient (Wildman–Crippen LogP) is 0.833. The van der Waals surface area contributed by atoms with Crippen LogP contribution in [0.3, 0.4) is 0 Å². The van der Waals surface area contributed by atoms with Gasteiger partial charge in [0.25, 0.3) is 0 Å². The third-order valence-corrected chi connectivity index (χ3v) is 1.69. The maximum atomic E-state index is 10.9. The summed E-state index contributed by atoms with van der Waals surface area (Å²) in [5, 5.41) is 9.57. The molecule has 5 nitrogen and oxygen atoms in total. The van der Waals surface area contributed by atoms with Gasteiger partial charge in [0, 0.05) is 13.0 Å². The van der Waals surface area contributed by atoms with E-state index in [1.54, 1.807) is 0 Å². The Kier molecular flexibility index (Phi) is 3.02. The topological polar surface area (TPSA) is 83.0 Å². The van der Waals surface area contributed by atoms with Crippen molar-refractivity contribution in [2.75, 3.05) is 5.01 Å². The Hall–Kier alpha value is -1.64. The maximum absolute atomic E-state index is 10.9. The van der Waals surface area contributed by atoms with E-state index in [0.717, 1.165) is 5.01 Å². The van der Waals surface area contributed by atoms with Crippen LogP contribution < -0.4 is 10.9 Å². The SMILES string of the molecule is CC(=O)N(N)c1cc(C#N)cc(Cl)n1. The minimum atomic E-state index is -0.386. The second-order valence-electron chi connectivity index (χ2n) is 2.54. The highest BCUT2D eigenvalue weighted by molar-refractivity contribution is 6.29. The van der Waals surface area contributed by atoms with Gasteiger partial charge in [0.2, 0.25) is 5.91 Å². The summed E-state index contributed by atoms with van der Waals surface area (Å²) in [6.45, 7) is 1.29. The fraction of sp³-hybridized carbons (Fsp3) is 0.125. The first kappa shape index (κ1) is 10.4. The molecule has 1 amide bonds. The van der Waals surface area contributed by atoms with Crippen molar-refractivity contribution in [3.05, 3.63) is 22.8 Å². The van der Waals surface area contributed by atoms with E-state index in [1.165, 1.54) is 19.1 Å². The van der Waals surface area contributed by atoms with Gasteiger partial charge in [-0.25, -0.2) is 15.8 Å². The average Bonchev–Trinajstić information content (AvgIpc) is 2.15. The summed E-state index contributed by atoms with van der Waals surface area (Å²) in [5.41, 5.74) is 0.303. The normalized spacial score (nSPS) is 9.29. The molecule has 0 aliphatic rings. The summed E-state index contributed by atoms with van der Waals surface area (Å²) in [5.74, 6) is 5.15. The van der Waals surface area contributed by atoms with E-state index >= 15 is 0 Å². The molecule has 1 aromatic rings.